The molecule has 2 fully saturated rings. The molecule has 1 aromatic carbocycles. The first-order chi connectivity index (χ1) is 9.67. The molecule has 1 aromatic rings. The molecule has 4 nitrogen and oxygen atoms in total. The molecule has 0 aromatic heterocycles. The Morgan fingerprint density at radius 2 is 1.75 bits per heavy atom. The van der Waals surface area contributed by atoms with Gasteiger partial charge in [0.05, 0.1) is 13.2 Å². The number of halogens is 1. The number of rotatable bonds is 1. The Morgan fingerprint density at radius 3 is 2.35 bits per heavy atom. The summed E-state index contributed by atoms with van der Waals surface area (Å²) in [7, 11) is 0. The quantitative estimate of drug-likeness (QED) is 0.782. The average molecular weight is 357 g/mol. The number of likely N-dealkylation sites (tertiary alicyclic amines) is 1. The zero-order valence-corrected chi connectivity index (χ0v) is 13.5. The summed E-state index contributed by atoms with van der Waals surface area (Å²) >= 11 is 8.90. The third-order valence-electron chi connectivity index (χ3n) is 3.72. The molecule has 2 aliphatic heterocycles. The molecule has 2 heterocycles. The summed E-state index contributed by atoms with van der Waals surface area (Å²) in [6, 6.07) is 8.00. The van der Waals surface area contributed by atoms with Crippen molar-refractivity contribution in [3.63, 3.8) is 0 Å². The smallest absolute Gasteiger partial charge is 0.173 e. The number of nitrogens with zero attached hydrogens (tertiary/aromatic N) is 1. The lowest BCUT2D eigenvalue weighted by Gasteiger charge is -2.38. The molecule has 108 valence electrons. The lowest BCUT2D eigenvalue weighted by molar-refractivity contribution is -0.180. The van der Waals surface area contributed by atoms with Crippen LogP contribution in [0.25, 0.3) is 0 Å². The molecule has 0 saturated carbocycles. The van der Waals surface area contributed by atoms with E-state index in [0.717, 1.165) is 41.2 Å². The zero-order valence-electron chi connectivity index (χ0n) is 11.1. The highest BCUT2D eigenvalue weighted by Crippen LogP contribution is 2.31. The highest BCUT2D eigenvalue weighted by molar-refractivity contribution is 9.10. The molecule has 0 bridgehead atoms. The van der Waals surface area contributed by atoms with Crippen LogP contribution in [-0.4, -0.2) is 42.1 Å². The van der Waals surface area contributed by atoms with Crippen molar-refractivity contribution in [2.75, 3.05) is 31.6 Å². The standard InChI is InChI=1S/C14H17BrN2O2S/c15-11-1-3-12(4-2-11)16-13(20)17-7-5-14(6-8-17)18-9-10-19-14/h1-4H,5-10H2,(H,16,20). The molecule has 0 atom stereocenters. The summed E-state index contributed by atoms with van der Waals surface area (Å²) in [5.41, 5.74) is 1.01. The normalized spacial score (nSPS) is 21.1. The van der Waals surface area contributed by atoms with E-state index in [-0.39, 0.29) is 5.79 Å². The van der Waals surface area contributed by atoms with Crippen molar-refractivity contribution < 1.29 is 9.47 Å². The Hall–Kier alpha value is -0.690. The van der Waals surface area contributed by atoms with Gasteiger partial charge in [-0.3, -0.25) is 0 Å². The van der Waals surface area contributed by atoms with Crippen LogP contribution in [0.15, 0.2) is 28.7 Å². The third-order valence-corrected chi connectivity index (χ3v) is 4.61. The van der Waals surface area contributed by atoms with Gasteiger partial charge >= 0.3 is 0 Å². The van der Waals surface area contributed by atoms with Crippen molar-refractivity contribution in [2.24, 2.45) is 0 Å². The number of anilines is 1. The van der Waals surface area contributed by atoms with Crippen molar-refractivity contribution in [1.29, 1.82) is 0 Å². The predicted molar refractivity (Wildman–Crippen MR) is 85.8 cm³/mol. The molecule has 2 aliphatic rings. The van der Waals surface area contributed by atoms with Crippen molar-refractivity contribution >= 4 is 38.9 Å². The van der Waals surface area contributed by atoms with Gasteiger partial charge in [-0.2, -0.15) is 0 Å². The molecule has 1 spiro atoms. The van der Waals surface area contributed by atoms with E-state index >= 15 is 0 Å². The van der Waals surface area contributed by atoms with Crippen molar-refractivity contribution in [3.8, 4) is 0 Å². The Balaban J connectivity index is 1.55. The second kappa shape index (κ2) is 5.97. The van der Waals surface area contributed by atoms with Gasteiger partial charge in [-0.25, -0.2) is 0 Å². The maximum absolute atomic E-state index is 5.72. The number of thiocarbonyl (C=S) groups is 1. The summed E-state index contributed by atoms with van der Waals surface area (Å²) < 4.78 is 12.5. The van der Waals surface area contributed by atoms with Crippen molar-refractivity contribution in [3.05, 3.63) is 28.7 Å². The van der Waals surface area contributed by atoms with E-state index in [1.54, 1.807) is 0 Å². The molecular weight excluding hydrogens is 340 g/mol. The Morgan fingerprint density at radius 1 is 1.15 bits per heavy atom. The van der Waals surface area contributed by atoms with Gasteiger partial charge in [0, 0.05) is 36.1 Å². The topological polar surface area (TPSA) is 33.7 Å². The van der Waals surface area contributed by atoms with E-state index in [9.17, 15) is 0 Å². The molecule has 3 rings (SSSR count). The summed E-state index contributed by atoms with van der Waals surface area (Å²) in [6.07, 6.45) is 1.74. The number of nitrogens with one attached hydrogen (secondary N) is 1. The summed E-state index contributed by atoms with van der Waals surface area (Å²) in [6.45, 7) is 3.15. The van der Waals surface area contributed by atoms with E-state index in [1.807, 2.05) is 24.3 Å². The van der Waals surface area contributed by atoms with E-state index < -0.39 is 0 Å². The van der Waals surface area contributed by atoms with Gasteiger partial charge in [0.1, 0.15) is 0 Å². The molecule has 0 unspecified atom stereocenters. The van der Waals surface area contributed by atoms with Crippen LogP contribution in [0.2, 0.25) is 0 Å². The molecule has 0 aliphatic carbocycles. The van der Waals surface area contributed by atoms with Crippen molar-refractivity contribution in [1.82, 2.24) is 4.90 Å². The first-order valence-electron chi connectivity index (χ1n) is 6.76. The van der Waals surface area contributed by atoms with Crippen LogP contribution >= 0.6 is 28.1 Å². The van der Waals surface area contributed by atoms with Gasteiger partial charge in [-0.05, 0) is 36.5 Å². The lowest BCUT2D eigenvalue weighted by atomic mass is 10.0. The number of hydrogen-bond donors (Lipinski definition) is 1. The van der Waals surface area contributed by atoms with Gasteiger partial charge in [-0.1, -0.05) is 15.9 Å². The fourth-order valence-electron chi connectivity index (χ4n) is 2.57. The largest absolute Gasteiger partial charge is 0.349 e. The third kappa shape index (κ3) is 3.14. The molecule has 20 heavy (non-hydrogen) atoms. The summed E-state index contributed by atoms with van der Waals surface area (Å²) in [4.78, 5) is 2.17. The Kier molecular flexibility index (Phi) is 4.26. The van der Waals surface area contributed by atoms with E-state index in [2.05, 4.69) is 26.1 Å². The minimum atomic E-state index is -0.344. The molecule has 1 N–H and O–H groups in total. The highest BCUT2D eigenvalue weighted by atomic mass is 79.9. The molecular formula is C14H17BrN2O2S. The van der Waals surface area contributed by atoms with Crippen LogP contribution < -0.4 is 5.32 Å². The lowest BCUT2D eigenvalue weighted by Crippen LogP contribution is -2.48. The highest BCUT2D eigenvalue weighted by Gasteiger charge is 2.40. The predicted octanol–water partition coefficient (Wildman–Crippen LogP) is 2.98. The van der Waals surface area contributed by atoms with Crippen LogP contribution in [0.1, 0.15) is 12.8 Å². The molecule has 0 amide bonds. The number of hydrogen-bond acceptors (Lipinski definition) is 3. The van der Waals surface area contributed by atoms with Gasteiger partial charge < -0.3 is 19.7 Å². The average Bonchev–Trinajstić information content (AvgIpc) is 2.90. The fraction of sp³-hybridized carbons (Fsp3) is 0.500. The van der Waals surface area contributed by atoms with E-state index in [4.69, 9.17) is 21.7 Å². The number of benzene rings is 1. The van der Waals surface area contributed by atoms with Crippen molar-refractivity contribution in [2.45, 2.75) is 18.6 Å². The van der Waals surface area contributed by atoms with Crippen LogP contribution in [0.4, 0.5) is 5.69 Å². The molecule has 6 heteroatoms. The van der Waals surface area contributed by atoms with Gasteiger partial charge in [-0.15, -0.1) is 0 Å². The van der Waals surface area contributed by atoms with E-state index in [0.29, 0.717) is 13.2 Å². The Labute approximate surface area is 132 Å². The second-order valence-corrected chi connectivity index (χ2v) is 6.33. The number of piperidine rings is 1. The van der Waals surface area contributed by atoms with Gasteiger partial charge in [0.15, 0.2) is 10.9 Å². The van der Waals surface area contributed by atoms with Crippen LogP contribution in [0.3, 0.4) is 0 Å². The maximum Gasteiger partial charge on any atom is 0.173 e. The maximum atomic E-state index is 5.72. The zero-order chi connectivity index (χ0) is 14.0. The molecule has 0 radical (unpaired) electrons. The minimum absolute atomic E-state index is 0.344. The monoisotopic (exact) mass is 356 g/mol. The molecule has 2 saturated heterocycles. The van der Waals surface area contributed by atoms with E-state index in [1.165, 1.54) is 0 Å². The van der Waals surface area contributed by atoms with Crippen LogP contribution in [0, 0.1) is 0 Å². The van der Waals surface area contributed by atoms with Crippen LogP contribution in [0.5, 0.6) is 0 Å². The first-order valence-corrected chi connectivity index (χ1v) is 7.96. The minimum Gasteiger partial charge on any atom is -0.349 e. The van der Waals surface area contributed by atoms with Crippen LogP contribution in [-0.2, 0) is 9.47 Å². The SMILES string of the molecule is S=C(Nc1ccc(Br)cc1)N1CCC2(CC1)OCCO2. The fourth-order valence-corrected chi connectivity index (χ4v) is 3.14. The number of ether oxygens (including phenoxy) is 2. The first kappa shape index (κ1) is 14.3. The summed E-state index contributed by atoms with van der Waals surface area (Å²) in [5, 5.41) is 4.04. The Bertz CT molecular complexity index is 478. The van der Waals surface area contributed by atoms with Gasteiger partial charge in [0.25, 0.3) is 0 Å². The van der Waals surface area contributed by atoms with Gasteiger partial charge in [0.2, 0.25) is 0 Å². The second-order valence-electron chi connectivity index (χ2n) is 5.03. The summed E-state index contributed by atoms with van der Waals surface area (Å²) in [5.74, 6) is -0.344.